The number of hydrogen-bond donors (Lipinski definition) is 1. The summed E-state index contributed by atoms with van der Waals surface area (Å²) >= 11 is 1.47. The van der Waals surface area contributed by atoms with Crippen LogP contribution in [0.1, 0.15) is 28.5 Å². The molecule has 0 unspecified atom stereocenters. The number of hydrogen-bond acceptors (Lipinski definition) is 5. The van der Waals surface area contributed by atoms with E-state index in [1.807, 2.05) is 67.6 Å². The van der Waals surface area contributed by atoms with Crippen LogP contribution in [0.4, 0.5) is 0 Å². The van der Waals surface area contributed by atoms with Crippen LogP contribution in [-0.4, -0.2) is 26.1 Å². The summed E-state index contributed by atoms with van der Waals surface area (Å²) in [6.45, 7) is 1.87. The van der Waals surface area contributed by atoms with Gasteiger partial charge in [-0.05, 0) is 47.0 Å². The molecule has 124 valence electrons. The maximum atomic E-state index is 12.6. The normalized spacial score (nSPS) is 12.2. The Hall–Kier alpha value is -3.06. The van der Waals surface area contributed by atoms with Crippen molar-refractivity contribution < 1.29 is 4.79 Å². The Morgan fingerprint density at radius 1 is 1.12 bits per heavy atom. The Balaban J connectivity index is 1.57. The molecule has 25 heavy (non-hydrogen) atoms. The molecule has 1 amide bonds. The molecule has 0 spiro atoms. The molecule has 0 fully saturated rings. The predicted molar refractivity (Wildman–Crippen MR) is 96.9 cm³/mol. The third-order valence-electron chi connectivity index (χ3n) is 3.88. The van der Waals surface area contributed by atoms with Crippen LogP contribution in [0.3, 0.4) is 0 Å². The minimum atomic E-state index is -0.326. The second kappa shape index (κ2) is 6.45. The Morgan fingerprint density at radius 2 is 1.88 bits per heavy atom. The molecule has 0 aliphatic rings. The van der Waals surface area contributed by atoms with E-state index in [2.05, 4.69) is 20.8 Å². The van der Waals surface area contributed by atoms with E-state index in [0.717, 1.165) is 15.8 Å². The molecule has 6 nitrogen and oxygen atoms in total. The van der Waals surface area contributed by atoms with E-state index < -0.39 is 0 Å². The van der Waals surface area contributed by atoms with Crippen molar-refractivity contribution in [2.75, 3.05) is 0 Å². The maximum Gasteiger partial charge on any atom is 0.261 e. The molecule has 1 N–H and O–H groups in total. The first kappa shape index (κ1) is 15.5. The summed E-state index contributed by atoms with van der Waals surface area (Å²) in [5.74, 6) is 0.456. The van der Waals surface area contributed by atoms with Crippen LogP contribution in [0.25, 0.3) is 15.8 Å². The molecule has 4 aromatic rings. The third kappa shape index (κ3) is 3.01. The first-order chi connectivity index (χ1) is 12.2. The molecule has 0 radical (unpaired) electrons. The smallest absolute Gasteiger partial charge is 0.261 e. The average molecular weight is 349 g/mol. The lowest BCUT2D eigenvalue weighted by Crippen LogP contribution is -2.28. The SMILES string of the molecule is C[C@@H](NC(=O)c1cc2ccccc2s1)c1nnnn1-c1ccccc1. The van der Waals surface area contributed by atoms with Crippen molar-refractivity contribution in [1.82, 2.24) is 25.5 Å². The highest BCUT2D eigenvalue weighted by Gasteiger charge is 2.19. The number of amides is 1. The largest absolute Gasteiger partial charge is 0.342 e. The van der Waals surface area contributed by atoms with Crippen LogP contribution in [0.5, 0.6) is 0 Å². The Bertz CT molecular complexity index is 991. The zero-order chi connectivity index (χ0) is 17.2. The fraction of sp³-hybridized carbons (Fsp3) is 0.111. The number of fused-ring (bicyclic) bond motifs is 1. The number of para-hydroxylation sites is 1. The lowest BCUT2D eigenvalue weighted by molar-refractivity contribution is 0.0942. The first-order valence-corrected chi connectivity index (χ1v) is 8.67. The van der Waals surface area contributed by atoms with Gasteiger partial charge in [-0.2, -0.15) is 4.68 Å². The van der Waals surface area contributed by atoms with Crippen molar-refractivity contribution >= 4 is 27.3 Å². The first-order valence-electron chi connectivity index (χ1n) is 7.85. The number of nitrogens with zero attached hydrogens (tertiary/aromatic N) is 4. The number of tetrazole rings is 1. The molecule has 2 heterocycles. The Labute approximate surface area is 148 Å². The predicted octanol–water partition coefficient (Wildman–Crippen LogP) is 3.37. The monoisotopic (exact) mass is 349 g/mol. The van der Waals surface area contributed by atoms with Gasteiger partial charge in [-0.15, -0.1) is 16.4 Å². The van der Waals surface area contributed by atoms with Gasteiger partial charge in [0.05, 0.1) is 16.6 Å². The molecular weight excluding hydrogens is 334 g/mol. The van der Waals surface area contributed by atoms with Crippen LogP contribution >= 0.6 is 11.3 Å². The highest BCUT2D eigenvalue weighted by atomic mass is 32.1. The van der Waals surface area contributed by atoms with Crippen LogP contribution in [-0.2, 0) is 0 Å². The van der Waals surface area contributed by atoms with E-state index in [9.17, 15) is 4.79 Å². The third-order valence-corrected chi connectivity index (χ3v) is 4.99. The van der Waals surface area contributed by atoms with Crippen LogP contribution in [0, 0.1) is 0 Å². The Kier molecular flexibility index (Phi) is 3.99. The van der Waals surface area contributed by atoms with Gasteiger partial charge < -0.3 is 5.32 Å². The lowest BCUT2D eigenvalue weighted by atomic mass is 10.2. The van der Waals surface area contributed by atoms with E-state index in [4.69, 9.17) is 0 Å². The second-order valence-corrected chi connectivity index (χ2v) is 6.71. The quantitative estimate of drug-likeness (QED) is 0.613. The molecule has 0 saturated carbocycles. The second-order valence-electron chi connectivity index (χ2n) is 5.63. The standard InChI is InChI=1S/C18H15N5OS/c1-12(17-20-21-22-23(17)14-8-3-2-4-9-14)19-18(24)16-11-13-7-5-6-10-15(13)25-16/h2-12H,1H3,(H,19,24)/t12-/m1/s1. The van der Waals surface area contributed by atoms with Gasteiger partial charge in [-0.3, -0.25) is 4.79 Å². The average Bonchev–Trinajstić information content (AvgIpc) is 3.29. The van der Waals surface area contributed by atoms with Crippen LogP contribution < -0.4 is 5.32 Å². The maximum absolute atomic E-state index is 12.6. The van der Waals surface area contributed by atoms with Gasteiger partial charge in [0.25, 0.3) is 5.91 Å². The number of rotatable bonds is 4. The molecule has 4 rings (SSSR count). The van der Waals surface area contributed by atoms with Crippen molar-refractivity contribution in [3.05, 3.63) is 71.4 Å². The summed E-state index contributed by atoms with van der Waals surface area (Å²) in [6, 6.07) is 19.1. The zero-order valence-electron chi connectivity index (χ0n) is 13.5. The van der Waals surface area contributed by atoms with Gasteiger partial charge in [-0.1, -0.05) is 36.4 Å². The van der Waals surface area contributed by atoms with E-state index >= 15 is 0 Å². The molecule has 0 aliphatic heterocycles. The number of carbonyl (C=O) groups is 1. The fourth-order valence-electron chi connectivity index (χ4n) is 2.64. The van der Waals surface area contributed by atoms with Crippen molar-refractivity contribution in [3.8, 4) is 5.69 Å². The summed E-state index contributed by atoms with van der Waals surface area (Å²) < 4.78 is 2.73. The molecule has 0 aliphatic carbocycles. The van der Waals surface area contributed by atoms with Crippen molar-refractivity contribution in [1.29, 1.82) is 0 Å². The van der Waals surface area contributed by atoms with E-state index in [1.54, 1.807) is 4.68 Å². The molecule has 1 atom stereocenters. The highest BCUT2D eigenvalue weighted by molar-refractivity contribution is 7.20. The van der Waals surface area contributed by atoms with Gasteiger partial charge in [0.15, 0.2) is 5.82 Å². The van der Waals surface area contributed by atoms with Crippen molar-refractivity contribution in [2.24, 2.45) is 0 Å². The van der Waals surface area contributed by atoms with Gasteiger partial charge in [0.1, 0.15) is 0 Å². The number of carbonyl (C=O) groups excluding carboxylic acids is 1. The summed E-state index contributed by atoms with van der Waals surface area (Å²) in [4.78, 5) is 13.3. The minimum Gasteiger partial charge on any atom is -0.342 e. The summed E-state index contributed by atoms with van der Waals surface area (Å²) in [5.41, 5.74) is 0.852. The molecule has 0 saturated heterocycles. The molecule has 2 aromatic heterocycles. The zero-order valence-corrected chi connectivity index (χ0v) is 14.3. The topological polar surface area (TPSA) is 72.7 Å². The van der Waals surface area contributed by atoms with Crippen LogP contribution in [0.15, 0.2) is 60.7 Å². The minimum absolute atomic E-state index is 0.128. The van der Waals surface area contributed by atoms with Crippen molar-refractivity contribution in [3.63, 3.8) is 0 Å². The van der Waals surface area contributed by atoms with Gasteiger partial charge in [0.2, 0.25) is 0 Å². The van der Waals surface area contributed by atoms with E-state index in [1.165, 1.54) is 11.3 Å². The van der Waals surface area contributed by atoms with Crippen LogP contribution in [0.2, 0.25) is 0 Å². The Morgan fingerprint density at radius 3 is 2.68 bits per heavy atom. The van der Waals surface area contributed by atoms with E-state index in [0.29, 0.717) is 10.7 Å². The molecule has 2 aromatic carbocycles. The summed E-state index contributed by atoms with van der Waals surface area (Å²) in [5, 5.41) is 15.9. The van der Waals surface area contributed by atoms with Gasteiger partial charge >= 0.3 is 0 Å². The highest BCUT2D eigenvalue weighted by Crippen LogP contribution is 2.25. The van der Waals surface area contributed by atoms with Crippen molar-refractivity contribution in [2.45, 2.75) is 13.0 Å². The molecule has 7 heteroatoms. The molecule has 0 bridgehead atoms. The summed E-state index contributed by atoms with van der Waals surface area (Å²) in [7, 11) is 0. The van der Waals surface area contributed by atoms with E-state index in [-0.39, 0.29) is 11.9 Å². The number of benzene rings is 2. The fourth-order valence-corrected chi connectivity index (χ4v) is 3.61. The summed E-state index contributed by atoms with van der Waals surface area (Å²) in [6.07, 6.45) is 0. The number of nitrogens with one attached hydrogen (secondary N) is 1. The lowest BCUT2D eigenvalue weighted by Gasteiger charge is -2.13. The van der Waals surface area contributed by atoms with Gasteiger partial charge in [0, 0.05) is 4.70 Å². The molecular formula is C18H15N5OS. The number of aromatic nitrogens is 4. The number of thiophene rings is 1. The van der Waals surface area contributed by atoms with Gasteiger partial charge in [-0.25, -0.2) is 0 Å².